The van der Waals surface area contributed by atoms with E-state index >= 15 is 0 Å². The highest BCUT2D eigenvalue weighted by Gasteiger charge is 2.28. The number of carbonyl (C=O) groups is 1. The van der Waals surface area contributed by atoms with Crippen LogP contribution in [0.15, 0.2) is 54.6 Å². The Morgan fingerprint density at radius 1 is 0.844 bits per heavy atom. The third-order valence-electron chi connectivity index (χ3n) is 6.95. The number of carbonyl (C=O) groups excluding carboxylic acids is 1. The summed E-state index contributed by atoms with van der Waals surface area (Å²) >= 11 is 0. The van der Waals surface area contributed by atoms with Crippen LogP contribution >= 0.6 is 0 Å². The standard InChI is InChI=1S/C27H37N3O2/c1-32-26-14-8-7-13-25(26)29-21-19-28(20-22-29)18-15-24(23-11-5-4-6-12-23)27(31)30-16-9-2-3-10-17-30/h4-8,11-14,24H,2-3,9-10,15-22H2,1H3. The van der Waals surface area contributed by atoms with Crippen LogP contribution in [0.1, 0.15) is 43.6 Å². The van der Waals surface area contributed by atoms with Gasteiger partial charge >= 0.3 is 0 Å². The van der Waals surface area contributed by atoms with Crippen molar-refractivity contribution >= 4 is 11.6 Å². The molecule has 1 amide bonds. The summed E-state index contributed by atoms with van der Waals surface area (Å²) in [4.78, 5) is 20.6. The van der Waals surface area contributed by atoms with Gasteiger partial charge in [-0.2, -0.15) is 0 Å². The number of para-hydroxylation sites is 2. The lowest BCUT2D eigenvalue weighted by Gasteiger charge is -2.37. The summed E-state index contributed by atoms with van der Waals surface area (Å²) < 4.78 is 5.55. The van der Waals surface area contributed by atoms with Crippen molar-refractivity contribution in [3.63, 3.8) is 0 Å². The Hall–Kier alpha value is -2.53. The number of amides is 1. The van der Waals surface area contributed by atoms with E-state index in [2.05, 4.69) is 51.1 Å². The van der Waals surface area contributed by atoms with Crippen molar-refractivity contribution < 1.29 is 9.53 Å². The first-order valence-electron chi connectivity index (χ1n) is 12.2. The van der Waals surface area contributed by atoms with E-state index in [-0.39, 0.29) is 5.92 Å². The summed E-state index contributed by atoms with van der Waals surface area (Å²) in [5.41, 5.74) is 2.34. The molecule has 5 heteroatoms. The van der Waals surface area contributed by atoms with Crippen LogP contribution in [-0.4, -0.2) is 68.6 Å². The lowest BCUT2D eigenvalue weighted by Crippen LogP contribution is -2.47. The van der Waals surface area contributed by atoms with Crippen LogP contribution < -0.4 is 9.64 Å². The second-order valence-electron chi connectivity index (χ2n) is 8.99. The summed E-state index contributed by atoms with van der Waals surface area (Å²) in [7, 11) is 1.74. The van der Waals surface area contributed by atoms with Crippen molar-refractivity contribution in [3.05, 3.63) is 60.2 Å². The molecule has 172 valence electrons. The first-order valence-corrected chi connectivity index (χ1v) is 12.2. The maximum Gasteiger partial charge on any atom is 0.230 e. The molecule has 2 saturated heterocycles. The molecule has 4 rings (SSSR count). The minimum absolute atomic E-state index is 0.0402. The lowest BCUT2D eigenvalue weighted by atomic mass is 9.93. The van der Waals surface area contributed by atoms with Crippen LogP contribution in [-0.2, 0) is 4.79 Å². The summed E-state index contributed by atoms with van der Waals surface area (Å²) in [6.45, 7) is 6.78. The molecular weight excluding hydrogens is 398 g/mol. The number of nitrogens with zero attached hydrogens (tertiary/aromatic N) is 3. The fourth-order valence-electron chi connectivity index (χ4n) is 5.04. The van der Waals surface area contributed by atoms with Gasteiger partial charge < -0.3 is 14.5 Å². The fourth-order valence-corrected chi connectivity index (χ4v) is 5.04. The van der Waals surface area contributed by atoms with E-state index in [1.54, 1.807) is 7.11 Å². The Labute approximate surface area is 193 Å². The minimum Gasteiger partial charge on any atom is -0.495 e. The second kappa shape index (κ2) is 11.4. The van der Waals surface area contributed by atoms with Crippen LogP contribution in [0.5, 0.6) is 5.75 Å². The maximum absolute atomic E-state index is 13.5. The number of hydrogen-bond donors (Lipinski definition) is 0. The molecule has 0 N–H and O–H groups in total. The second-order valence-corrected chi connectivity index (χ2v) is 8.99. The highest BCUT2D eigenvalue weighted by Crippen LogP contribution is 2.29. The number of rotatable bonds is 7. The van der Waals surface area contributed by atoms with E-state index in [9.17, 15) is 4.79 Å². The van der Waals surface area contributed by atoms with Crippen molar-refractivity contribution in [1.29, 1.82) is 0 Å². The third kappa shape index (κ3) is 5.63. The number of ether oxygens (including phenoxy) is 1. The molecule has 2 aromatic rings. The normalized spacial score (nSPS) is 18.8. The lowest BCUT2D eigenvalue weighted by molar-refractivity contribution is -0.133. The molecule has 0 saturated carbocycles. The van der Waals surface area contributed by atoms with Gasteiger partial charge in [0, 0.05) is 39.3 Å². The molecule has 2 fully saturated rings. The van der Waals surface area contributed by atoms with Gasteiger partial charge in [-0.15, -0.1) is 0 Å². The largest absolute Gasteiger partial charge is 0.495 e. The number of likely N-dealkylation sites (tertiary alicyclic amines) is 1. The van der Waals surface area contributed by atoms with Crippen LogP contribution in [0.3, 0.4) is 0 Å². The first-order chi connectivity index (χ1) is 15.8. The molecular formula is C27H37N3O2. The highest BCUT2D eigenvalue weighted by molar-refractivity contribution is 5.83. The Morgan fingerprint density at radius 2 is 1.50 bits per heavy atom. The molecule has 0 spiro atoms. The monoisotopic (exact) mass is 435 g/mol. The third-order valence-corrected chi connectivity index (χ3v) is 6.95. The van der Waals surface area contributed by atoms with Gasteiger partial charge in [-0.05, 0) is 43.5 Å². The van der Waals surface area contributed by atoms with E-state index in [1.807, 2.05) is 18.2 Å². The zero-order valence-corrected chi connectivity index (χ0v) is 19.4. The van der Waals surface area contributed by atoms with Crippen LogP contribution in [0, 0.1) is 0 Å². The van der Waals surface area contributed by atoms with Gasteiger partial charge in [0.25, 0.3) is 0 Å². The summed E-state index contributed by atoms with van der Waals surface area (Å²) in [5, 5.41) is 0. The molecule has 0 radical (unpaired) electrons. The van der Waals surface area contributed by atoms with Gasteiger partial charge in [0.15, 0.2) is 0 Å². The maximum atomic E-state index is 13.5. The topological polar surface area (TPSA) is 36.0 Å². The van der Waals surface area contributed by atoms with E-state index in [1.165, 1.54) is 18.5 Å². The van der Waals surface area contributed by atoms with Crippen LogP contribution in [0.4, 0.5) is 5.69 Å². The number of benzene rings is 2. The smallest absolute Gasteiger partial charge is 0.230 e. The van der Waals surface area contributed by atoms with Gasteiger partial charge in [0.05, 0.1) is 18.7 Å². The van der Waals surface area contributed by atoms with Crippen molar-refractivity contribution in [2.45, 2.75) is 38.0 Å². The summed E-state index contributed by atoms with van der Waals surface area (Å²) in [6.07, 6.45) is 5.65. The zero-order chi connectivity index (χ0) is 22.2. The Kier molecular flexibility index (Phi) is 8.05. The van der Waals surface area contributed by atoms with Crippen molar-refractivity contribution in [1.82, 2.24) is 9.80 Å². The molecule has 32 heavy (non-hydrogen) atoms. The first kappa shape index (κ1) is 22.7. The van der Waals surface area contributed by atoms with E-state index in [4.69, 9.17) is 4.74 Å². The van der Waals surface area contributed by atoms with Crippen molar-refractivity contribution in [3.8, 4) is 5.75 Å². The highest BCUT2D eigenvalue weighted by atomic mass is 16.5. The molecule has 0 aromatic heterocycles. The molecule has 0 aliphatic carbocycles. The number of hydrogen-bond acceptors (Lipinski definition) is 4. The summed E-state index contributed by atoms with van der Waals surface area (Å²) in [6, 6.07) is 18.7. The molecule has 2 aliphatic heterocycles. The molecule has 1 atom stereocenters. The Morgan fingerprint density at radius 3 is 2.19 bits per heavy atom. The molecule has 5 nitrogen and oxygen atoms in total. The van der Waals surface area contributed by atoms with Crippen LogP contribution in [0.25, 0.3) is 0 Å². The SMILES string of the molecule is COc1ccccc1N1CCN(CCC(C(=O)N2CCCCCC2)c2ccccc2)CC1. The van der Waals surface area contributed by atoms with E-state index < -0.39 is 0 Å². The van der Waals surface area contributed by atoms with E-state index in [0.29, 0.717) is 5.91 Å². The van der Waals surface area contributed by atoms with E-state index in [0.717, 1.165) is 76.4 Å². The quantitative estimate of drug-likeness (QED) is 0.646. The van der Waals surface area contributed by atoms with Crippen LogP contribution in [0.2, 0.25) is 0 Å². The molecule has 2 heterocycles. The van der Waals surface area contributed by atoms with Gasteiger partial charge in [0.2, 0.25) is 5.91 Å². The Bertz CT molecular complexity index is 841. The Balaban J connectivity index is 1.37. The number of piperazine rings is 1. The minimum atomic E-state index is -0.0402. The van der Waals surface area contributed by atoms with Gasteiger partial charge in [-0.1, -0.05) is 55.3 Å². The van der Waals surface area contributed by atoms with Gasteiger partial charge in [-0.3, -0.25) is 9.69 Å². The molecule has 2 aliphatic rings. The summed E-state index contributed by atoms with van der Waals surface area (Å²) in [5.74, 6) is 1.22. The number of anilines is 1. The van der Waals surface area contributed by atoms with Crippen molar-refractivity contribution in [2.75, 3.05) is 57.8 Å². The molecule has 0 bridgehead atoms. The van der Waals surface area contributed by atoms with Crippen molar-refractivity contribution in [2.24, 2.45) is 0 Å². The molecule has 1 unspecified atom stereocenters. The zero-order valence-electron chi connectivity index (χ0n) is 19.4. The molecule has 2 aromatic carbocycles. The average Bonchev–Trinajstić information content (AvgIpc) is 3.15. The predicted molar refractivity (Wildman–Crippen MR) is 130 cm³/mol. The van der Waals surface area contributed by atoms with Gasteiger partial charge in [-0.25, -0.2) is 0 Å². The number of methoxy groups -OCH3 is 1. The van der Waals surface area contributed by atoms with Gasteiger partial charge in [0.1, 0.15) is 5.75 Å². The average molecular weight is 436 g/mol. The predicted octanol–water partition coefficient (Wildman–Crippen LogP) is 4.39. The fraction of sp³-hybridized carbons (Fsp3) is 0.519.